The van der Waals surface area contributed by atoms with Crippen molar-refractivity contribution in [3.8, 4) is 16.9 Å². The molecule has 1 heterocycles. The first-order chi connectivity index (χ1) is 11.9. The van der Waals surface area contributed by atoms with Crippen LogP contribution in [0.4, 0.5) is 9.18 Å². The number of H-pyrrole nitrogens is 1. The molecule has 134 valence electrons. The molecule has 0 radical (unpaired) electrons. The fourth-order valence-electron chi connectivity index (χ4n) is 2.46. The zero-order chi connectivity index (χ0) is 18.6. The van der Waals surface area contributed by atoms with Gasteiger partial charge in [0.2, 0.25) is 0 Å². The molecule has 0 aliphatic heterocycles. The van der Waals surface area contributed by atoms with Gasteiger partial charge in [-0.2, -0.15) is 0 Å². The molecule has 25 heavy (non-hydrogen) atoms. The van der Waals surface area contributed by atoms with Crippen LogP contribution in [0.15, 0.2) is 29.1 Å². The van der Waals surface area contributed by atoms with E-state index < -0.39 is 24.1 Å². The second-order valence-corrected chi connectivity index (χ2v) is 5.66. The van der Waals surface area contributed by atoms with Gasteiger partial charge in [0.05, 0.1) is 24.5 Å². The predicted molar refractivity (Wildman–Crippen MR) is 90.1 cm³/mol. The minimum atomic E-state index is -0.927. The molecule has 1 aromatic carbocycles. The number of rotatable bonds is 5. The van der Waals surface area contributed by atoms with Crippen LogP contribution in [0.3, 0.4) is 0 Å². The lowest BCUT2D eigenvalue weighted by Crippen LogP contribution is -2.21. The Bertz CT molecular complexity index is 811. The Balaban J connectivity index is 2.77. The number of benzene rings is 1. The molecule has 0 aliphatic carbocycles. The van der Waals surface area contributed by atoms with Gasteiger partial charge in [-0.15, -0.1) is 0 Å². The molecule has 0 spiro atoms. The largest absolute Gasteiger partial charge is 0.513 e. The van der Waals surface area contributed by atoms with E-state index in [1.54, 1.807) is 6.92 Å². The minimum absolute atomic E-state index is 0.0234. The van der Waals surface area contributed by atoms with E-state index in [1.165, 1.54) is 24.3 Å². The first-order valence-corrected chi connectivity index (χ1v) is 7.89. The molecule has 2 N–H and O–H groups in total. The Labute approximate surface area is 144 Å². The summed E-state index contributed by atoms with van der Waals surface area (Å²) in [4.78, 5) is 26.8. The summed E-state index contributed by atoms with van der Waals surface area (Å²) in [6.45, 7) is 4.82. The molecular weight excluding hydrogens is 329 g/mol. The number of aliphatic hydroxyl groups excluding tert-OH is 1. The molecule has 2 aromatic rings. The maximum atomic E-state index is 13.3. The van der Waals surface area contributed by atoms with Gasteiger partial charge in [0, 0.05) is 5.56 Å². The van der Waals surface area contributed by atoms with Crippen molar-refractivity contribution in [2.75, 3.05) is 6.61 Å². The van der Waals surface area contributed by atoms with Crippen molar-refractivity contribution in [2.45, 2.75) is 33.3 Å². The van der Waals surface area contributed by atoms with E-state index in [1.807, 2.05) is 13.8 Å². The number of hydrogen-bond acceptors (Lipinski definition) is 5. The van der Waals surface area contributed by atoms with Gasteiger partial charge in [-0.3, -0.25) is 4.79 Å². The van der Waals surface area contributed by atoms with E-state index in [9.17, 15) is 19.1 Å². The van der Waals surface area contributed by atoms with Crippen LogP contribution in [0.25, 0.3) is 11.1 Å². The average Bonchev–Trinajstić information content (AvgIpc) is 2.56. The standard InChI is InChI=1S/C18H20FNO5/c1-4-24-18(23)25-16-14(11-5-7-12(19)8-6-11)13(9-21)17(22)20-15(16)10(2)3/h5-8,10,21H,4,9H2,1-3H3,(H,20,22). The number of nitrogens with one attached hydrogen (secondary N) is 1. The number of hydrogen-bond donors (Lipinski definition) is 2. The van der Waals surface area contributed by atoms with Crippen LogP contribution in [0.1, 0.15) is 37.9 Å². The van der Waals surface area contributed by atoms with E-state index in [0.717, 1.165) is 0 Å². The Morgan fingerprint density at radius 1 is 1.28 bits per heavy atom. The molecule has 7 heteroatoms. The highest BCUT2D eigenvalue weighted by atomic mass is 19.1. The number of ether oxygens (including phenoxy) is 2. The summed E-state index contributed by atoms with van der Waals surface area (Å²) >= 11 is 0. The number of aromatic nitrogens is 1. The van der Waals surface area contributed by atoms with Crippen molar-refractivity contribution in [2.24, 2.45) is 0 Å². The molecule has 0 amide bonds. The second-order valence-electron chi connectivity index (χ2n) is 5.66. The molecule has 0 atom stereocenters. The number of halogens is 1. The lowest BCUT2D eigenvalue weighted by Gasteiger charge is -2.19. The smallest absolute Gasteiger partial charge is 0.434 e. The Morgan fingerprint density at radius 2 is 1.92 bits per heavy atom. The van der Waals surface area contributed by atoms with Crippen LogP contribution in [0.2, 0.25) is 0 Å². The van der Waals surface area contributed by atoms with Gasteiger partial charge >= 0.3 is 6.16 Å². The van der Waals surface area contributed by atoms with E-state index >= 15 is 0 Å². The third kappa shape index (κ3) is 4.06. The molecule has 0 saturated heterocycles. The van der Waals surface area contributed by atoms with Gasteiger partial charge in [0.15, 0.2) is 5.75 Å². The molecule has 0 fully saturated rings. The minimum Gasteiger partial charge on any atom is -0.434 e. The Hall–Kier alpha value is -2.67. The number of pyridine rings is 1. The van der Waals surface area contributed by atoms with Crippen molar-refractivity contribution >= 4 is 6.16 Å². The van der Waals surface area contributed by atoms with E-state index in [-0.39, 0.29) is 29.4 Å². The first-order valence-electron chi connectivity index (χ1n) is 7.89. The lowest BCUT2D eigenvalue weighted by atomic mass is 9.96. The molecule has 0 bridgehead atoms. The summed E-state index contributed by atoms with van der Waals surface area (Å²) < 4.78 is 23.4. The van der Waals surface area contributed by atoms with Crippen molar-refractivity contribution in [1.82, 2.24) is 4.98 Å². The van der Waals surface area contributed by atoms with Crippen molar-refractivity contribution in [3.63, 3.8) is 0 Å². The van der Waals surface area contributed by atoms with Crippen molar-refractivity contribution in [1.29, 1.82) is 0 Å². The van der Waals surface area contributed by atoms with Crippen molar-refractivity contribution < 1.29 is 23.8 Å². The van der Waals surface area contributed by atoms with E-state index in [2.05, 4.69) is 4.98 Å². The lowest BCUT2D eigenvalue weighted by molar-refractivity contribution is 0.104. The van der Waals surface area contributed by atoms with Crippen LogP contribution >= 0.6 is 0 Å². The number of aliphatic hydroxyl groups is 1. The third-order valence-electron chi connectivity index (χ3n) is 3.61. The number of carbonyl (C=O) groups excluding carboxylic acids is 1. The normalized spacial score (nSPS) is 10.8. The SMILES string of the molecule is CCOC(=O)Oc1c(C(C)C)[nH]c(=O)c(CO)c1-c1ccc(F)cc1. The third-order valence-corrected chi connectivity index (χ3v) is 3.61. The summed E-state index contributed by atoms with van der Waals surface area (Å²) in [6.07, 6.45) is -0.927. The predicted octanol–water partition coefficient (Wildman–Crippen LogP) is 3.33. The second kappa shape index (κ2) is 7.94. The van der Waals surface area contributed by atoms with Gasteiger partial charge in [0.1, 0.15) is 5.82 Å². The maximum absolute atomic E-state index is 13.3. The van der Waals surface area contributed by atoms with Crippen LogP contribution < -0.4 is 10.3 Å². The van der Waals surface area contributed by atoms with Crippen LogP contribution in [-0.2, 0) is 11.3 Å². The fraction of sp³-hybridized carbons (Fsp3) is 0.333. The van der Waals surface area contributed by atoms with Crippen LogP contribution in [0.5, 0.6) is 5.75 Å². The zero-order valence-corrected chi connectivity index (χ0v) is 14.3. The van der Waals surface area contributed by atoms with Gasteiger partial charge < -0.3 is 19.6 Å². The molecule has 0 aliphatic rings. The van der Waals surface area contributed by atoms with E-state index in [0.29, 0.717) is 11.3 Å². The van der Waals surface area contributed by atoms with Crippen LogP contribution in [-0.4, -0.2) is 22.9 Å². The van der Waals surface area contributed by atoms with E-state index in [4.69, 9.17) is 9.47 Å². The number of aromatic amines is 1. The van der Waals surface area contributed by atoms with Gasteiger partial charge in [-0.05, 0) is 30.5 Å². The quantitative estimate of drug-likeness (QED) is 0.808. The summed E-state index contributed by atoms with van der Waals surface area (Å²) in [7, 11) is 0. The highest BCUT2D eigenvalue weighted by Crippen LogP contribution is 2.37. The van der Waals surface area contributed by atoms with Gasteiger partial charge in [0.25, 0.3) is 5.56 Å². The summed E-state index contributed by atoms with van der Waals surface area (Å²) in [5.41, 5.74) is 0.590. The van der Waals surface area contributed by atoms with Gasteiger partial charge in [-0.25, -0.2) is 9.18 Å². The van der Waals surface area contributed by atoms with Crippen LogP contribution in [0, 0.1) is 5.82 Å². The van der Waals surface area contributed by atoms with Crippen molar-refractivity contribution in [3.05, 3.63) is 51.7 Å². The average molecular weight is 349 g/mol. The topological polar surface area (TPSA) is 88.6 Å². The monoisotopic (exact) mass is 349 g/mol. The molecular formula is C18H20FNO5. The summed E-state index contributed by atoms with van der Waals surface area (Å²) in [5, 5.41) is 9.64. The molecule has 0 saturated carbocycles. The fourth-order valence-corrected chi connectivity index (χ4v) is 2.46. The molecule has 6 nitrogen and oxygen atoms in total. The molecule has 2 rings (SSSR count). The highest BCUT2D eigenvalue weighted by Gasteiger charge is 2.24. The summed E-state index contributed by atoms with van der Waals surface area (Å²) in [6, 6.07) is 5.35. The Morgan fingerprint density at radius 3 is 2.44 bits per heavy atom. The maximum Gasteiger partial charge on any atom is 0.513 e. The molecule has 1 aromatic heterocycles. The Kier molecular flexibility index (Phi) is 5.93. The first kappa shape index (κ1) is 18.7. The highest BCUT2D eigenvalue weighted by molar-refractivity contribution is 5.78. The molecule has 0 unspecified atom stereocenters. The van der Waals surface area contributed by atoms with Gasteiger partial charge in [-0.1, -0.05) is 26.0 Å². The number of carbonyl (C=O) groups is 1. The zero-order valence-electron chi connectivity index (χ0n) is 14.3. The summed E-state index contributed by atoms with van der Waals surface area (Å²) in [5.74, 6) is -0.538.